The van der Waals surface area contributed by atoms with Crippen molar-refractivity contribution in [1.82, 2.24) is 9.78 Å². The Balaban J connectivity index is 3.04. The summed E-state index contributed by atoms with van der Waals surface area (Å²) in [5, 5.41) is 13.0. The van der Waals surface area contributed by atoms with Gasteiger partial charge < -0.3 is 5.11 Å². The summed E-state index contributed by atoms with van der Waals surface area (Å²) in [5.74, 6) is 5.58. The van der Waals surface area contributed by atoms with Gasteiger partial charge in [-0.2, -0.15) is 5.10 Å². The number of hydrogen-bond acceptors (Lipinski definition) is 2. The van der Waals surface area contributed by atoms with Gasteiger partial charge in [0.1, 0.15) is 6.61 Å². The molecular weight excluding hydrogens is 176 g/mol. The summed E-state index contributed by atoms with van der Waals surface area (Å²) in [7, 11) is 0. The van der Waals surface area contributed by atoms with E-state index in [0.29, 0.717) is 0 Å². The Bertz CT molecular complexity index is 369. The molecule has 76 valence electrons. The van der Waals surface area contributed by atoms with E-state index in [-0.39, 0.29) is 6.61 Å². The third kappa shape index (κ3) is 2.15. The number of aryl methyl sites for hydroxylation is 2. The van der Waals surface area contributed by atoms with Crippen molar-refractivity contribution in [2.24, 2.45) is 0 Å². The second kappa shape index (κ2) is 4.83. The van der Waals surface area contributed by atoms with Crippen LogP contribution in [0.3, 0.4) is 0 Å². The minimum atomic E-state index is -0.0994. The molecule has 0 saturated carbocycles. The lowest BCUT2D eigenvalue weighted by molar-refractivity contribution is 0.350. The molecule has 0 spiro atoms. The Morgan fingerprint density at radius 1 is 1.43 bits per heavy atom. The lowest BCUT2D eigenvalue weighted by Gasteiger charge is -1.99. The van der Waals surface area contributed by atoms with E-state index in [9.17, 15) is 0 Å². The normalized spacial score (nSPS) is 9.71. The predicted octanol–water partition coefficient (Wildman–Crippen LogP) is 1.25. The number of aliphatic hydroxyl groups excluding tert-OH is 1. The molecule has 0 aromatic carbocycles. The van der Waals surface area contributed by atoms with Crippen LogP contribution >= 0.6 is 0 Å². The maximum atomic E-state index is 8.62. The molecule has 1 N–H and O–H groups in total. The van der Waals surface area contributed by atoms with Gasteiger partial charge in [0.25, 0.3) is 0 Å². The van der Waals surface area contributed by atoms with Crippen molar-refractivity contribution in [2.75, 3.05) is 6.61 Å². The van der Waals surface area contributed by atoms with E-state index in [1.807, 2.05) is 18.5 Å². The summed E-state index contributed by atoms with van der Waals surface area (Å²) in [6, 6.07) is 0. The number of hydrogen-bond donors (Lipinski definition) is 1. The molecule has 0 fully saturated rings. The Morgan fingerprint density at radius 3 is 2.71 bits per heavy atom. The van der Waals surface area contributed by atoms with Gasteiger partial charge in [0.05, 0.1) is 17.0 Å². The first-order valence-corrected chi connectivity index (χ1v) is 4.84. The standard InChI is InChI=1S/C11H16N2O/c1-4-7-13-10(3)11(6-5-8-14)9(2)12-13/h14H,4,7-8H2,1-3H3. The Kier molecular flexibility index (Phi) is 3.73. The van der Waals surface area contributed by atoms with E-state index in [1.54, 1.807) is 0 Å². The predicted molar refractivity (Wildman–Crippen MR) is 56.0 cm³/mol. The molecule has 0 aliphatic heterocycles. The average Bonchev–Trinajstić information content (AvgIpc) is 2.41. The zero-order chi connectivity index (χ0) is 10.6. The van der Waals surface area contributed by atoms with E-state index in [4.69, 9.17) is 5.11 Å². The summed E-state index contributed by atoms with van der Waals surface area (Å²) in [4.78, 5) is 0. The first-order chi connectivity index (χ1) is 6.70. The van der Waals surface area contributed by atoms with Crippen LogP contribution in [0.1, 0.15) is 30.3 Å². The molecule has 0 saturated heterocycles. The quantitative estimate of drug-likeness (QED) is 0.716. The van der Waals surface area contributed by atoms with Crippen LogP contribution in [0.2, 0.25) is 0 Å². The maximum Gasteiger partial charge on any atom is 0.104 e. The van der Waals surface area contributed by atoms with Gasteiger partial charge in [0, 0.05) is 6.54 Å². The van der Waals surface area contributed by atoms with Gasteiger partial charge >= 0.3 is 0 Å². The monoisotopic (exact) mass is 192 g/mol. The number of aliphatic hydroxyl groups is 1. The smallest absolute Gasteiger partial charge is 0.104 e. The second-order valence-electron chi connectivity index (χ2n) is 3.23. The summed E-state index contributed by atoms with van der Waals surface area (Å²) in [5.41, 5.74) is 2.98. The number of aromatic nitrogens is 2. The highest BCUT2D eigenvalue weighted by atomic mass is 16.2. The molecule has 0 unspecified atom stereocenters. The summed E-state index contributed by atoms with van der Waals surface area (Å²) in [6.07, 6.45) is 1.06. The second-order valence-corrected chi connectivity index (χ2v) is 3.23. The van der Waals surface area contributed by atoms with Gasteiger partial charge in [0.15, 0.2) is 0 Å². The van der Waals surface area contributed by atoms with Gasteiger partial charge in [0.2, 0.25) is 0 Å². The first-order valence-electron chi connectivity index (χ1n) is 4.84. The molecule has 1 heterocycles. The Morgan fingerprint density at radius 2 is 2.14 bits per heavy atom. The van der Waals surface area contributed by atoms with Crippen LogP contribution < -0.4 is 0 Å². The summed E-state index contributed by atoms with van der Waals surface area (Å²) < 4.78 is 1.97. The molecule has 0 amide bonds. The molecule has 1 rings (SSSR count). The van der Waals surface area contributed by atoms with E-state index >= 15 is 0 Å². The molecule has 3 nitrogen and oxygen atoms in total. The largest absolute Gasteiger partial charge is 0.384 e. The SMILES string of the molecule is CCCn1nc(C)c(C#CCO)c1C. The van der Waals surface area contributed by atoms with Crippen LogP contribution in [0.15, 0.2) is 0 Å². The maximum absolute atomic E-state index is 8.62. The average molecular weight is 192 g/mol. The van der Waals surface area contributed by atoms with Gasteiger partial charge in [-0.3, -0.25) is 4.68 Å². The van der Waals surface area contributed by atoms with Crippen molar-refractivity contribution in [3.05, 3.63) is 17.0 Å². The molecule has 0 atom stereocenters. The van der Waals surface area contributed by atoms with E-state index in [1.165, 1.54) is 0 Å². The summed E-state index contributed by atoms with van der Waals surface area (Å²) >= 11 is 0. The van der Waals surface area contributed by atoms with E-state index < -0.39 is 0 Å². The molecule has 0 aliphatic rings. The van der Waals surface area contributed by atoms with Crippen molar-refractivity contribution in [3.8, 4) is 11.8 Å². The molecule has 0 bridgehead atoms. The third-order valence-corrected chi connectivity index (χ3v) is 2.11. The number of rotatable bonds is 2. The van der Waals surface area contributed by atoms with Crippen LogP contribution in [0.4, 0.5) is 0 Å². The van der Waals surface area contributed by atoms with Gasteiger partial charge in [-0.05, 0) is 20.3 Å². The molecule has 0 aliphatic carbocycles. The van der Waals surface area contributed by atoms with Gasteiger partial charge in [-0.1, -0.05) is 18.8 Å². The van der Waals surface area contributed by atoms with E-state index in [2.05, 4.69) is 23.9 Å². The molecular formula is C11H16N2O. The lowest BCUT2D eigenvalue weighted by Crippen LogP contribution is -2.01. The zero-order valence-corrected chi connectivity index (χ0v) is 8.96. The molecule has 1 aromatic heterocycles. The minimum absolute atomic E-state index is 0.0994. The Labute approximate surface area is 84.8 Å². The fourth-order valence-electron chi connectivity index (χ4n) is 1.44. The van der Waals surface area contributed by atoms with Crippen molar-refractivity contribution in [2.45, 2.75) is 33.7 Å². The van der Waals surface area contributed by atoms with Crippen LogP contribution in [0, 0.1) is 25.7 Å². The van der Waals surface area contributed by atoms with E-state index in [0.717, 1.165) is 29.9 Å². The molecule has 14 heavy (non-hydrogen) atoms. The highest BCUT2D eigenvalue weighted by molar-refractivity contribution is 5.41. The molecule has 1 aromatic rings. The van der Waals surface area contributed by atoms with Crippen LogP contribution in [0.25, 0.3) is 0 Å². The number of nitrogens with zero attached hydrogens (tertiary/aromatic N) is 2. The molecule has 0 radical (unpaired) electrons. The van der Waals surface area contributed by atoms with Gasteiger partial charge in [-0.15, -0.1) is 0 Å². The molecule has 3 heteroatoms. The van der Waals surface area contributed by atoms with Crippen LogP contribution in [-0.2, 0) is 6.54 Å². The third-order valence-electron chi connectivity index (χ3n) is 2.11. The van der Waals surface area contributed by atoms with Gasteiger partial charge in [-0.25, -0.2) is 0 Å². The van der Waals surface area contributed by atoms with Crippen molar-refractivity contribution >= 4 is 0 Å². The van der Waals surface area contributed by atoms with Crippen molar-refractivity contribution in [3.63, 3.8) is 0 Å². The topological polar surface area (TPSA) is 38.0 Å². The van der Waals surface area contributed by atoms with Crippen molar-refractivity contribution < 1.29 is 5.11 Å². The van der Waals surface area contributed by atoms with Crippen LogP contribution in [-0.4, -0.2) is 21.5 Å². The van der Waals surface area contributed by atoms with Crippen molar-refractivity contribution in [1.29, 1.82) is 0 Å². The lowest BCUT2D eigenvalue weighted by atomic mass is 10.2. The highest BCUT2D eigenvalue weighted by Gasteiger charge is 2.07. The Hall–Kier alpha value is -1.27. The first kappa shape index (κ1) is 10.8. The zero-order valence-electron chi connectivity index (χ0n) is 8.96. The fraction of sp³-hybridized carbons (Fsp3) is 0.545. The summed E-state index contributed by atoms with van der Waals surface area (Å²) in [6.45, 7) is 6.90. The minimum Gasteiger partial charge on any atom is -0.384 e. The highest BCUT2D eigenvalue weighted by Crippen LogP contribution is 2.11. The van der Waals surface area contributed by atoms with Crippen LogP contribution in [0.5, 0.6) is 0 Å². The fourth-order valence-corrected chi connectivity index (χ4v) is 1.44.